The predicted octanol–water partition coefficient (Wildman–Crippen LogP) is 2.17. The normalized spacial score (nSPS) is 18.2. The highest BCUT2D eigenvalue weighted by Crippen LogP contribution is 2.41. The molecule has 0 saturated carbocycles. The smallest absolute Gasteiger partial charge is 0.331 e. The van der Waals surface area contributed by atoms with Crippen LogP contribution >= 0.6 is 0 Å². The Morgan fingerprint density at radius 3 is 2.46 bits per heavy atom. The van der Waals surface area contributed by atoms with Gasteiger partial charge in [-0.2, -0.15) is 5.10 Å². The molecule has 0 bridgehead atoms. The van der Waals surface area contributed by atoms with Gasteiger partial charge in [-0.3, -0.25) is 34.3 Å². The van der Waals surface area contributed by atoms with E-state index in [0.717, 1.165) is 15.8 Å². The molecule has 0 unspecified atom stereocenters. The van der Waals surface area contributed by atoms with Crippen molar-refractivity contribution in [3.8, 4) is 0 Å². The standard InChI is InChI=1S/C26H29N7O4/c1-16(2)21(29-22(34)17-6-10-27-11-7-17)23(35)32-12-8-26(9-13-32)24(36)31(3)25(37)33(26)19-4-5-20-18(14-19)15-28-30-20/h4-7,10-11,14-16,21H,8-9,12-13H2,1-3H3,(H,28,30)(H,29,34)/t21-/m1/s1. The molecule has 11 nitrogen and oxygen atoms in total. The molecule has 1 spiro atoms. The van der Waals surface area contributed by atoms with Gasteiger partial charge in [-0.1, -0.05) is 13.8 Å². The minimum absolute atomic E-state index is 0.145. The van der Waals surface area contributed by atoms with Crippen molar-refractivity contribution in [2.24, 2.45) is 5.92 Å². The van der Waals surface area contributed by atoms with Crippen molar-refractivity contribution >= 4 is 40.3 Å². The quantitative estimate of drug-likeness (QED) is 0.513. The summed E-state index contributed by atoms with van der Waals surface area (Å²) in [6.07, 6.45) is 5.31. The number of nitrogens with one attached hydrogen (secondary N) is 2. The van der Waals surface area contributed by atoms with E-state index in [1.165, 1.54) is 19.4 Å². The van der Waals surface area contributed by atoms with Crippen molar-refractivity contribution in [2.45, 2.75) is 38.3 Å². The van der Waals surface area contributed by atoms with Crippen LogP contribution in [0.3, 0.4) is 0 Å². The lowest BCUT2D eigenvalue weighted by molar-refractivity contribution is -0.139. The minimum Gasteiger partial charge on any atom is -0.341 e. The van der Waals surface area contributed by atoms with E-state index in [-0.39, 0.29) is 36.7 Å². The molecule has 2 fully saturated rings. The summed E-state index contributed by atoms with van der Waals surface area (Å²) in [4.78, 5) is 61.1. The Morgan fingerprint density at radius 2 is 1.78 bits per heavy atom. The number of urea groups is 1. The second-order valence-electron chi connectivity index (χ2n) is 9.91. The third-order valence-electron chi connectivity index (χ3n) is 7.36. The Kier molecular flexibility index (Phi) is 6.14. The monoisotopic (exact) mass is 503 g/mol. The van der Waals surface area contributed by atoms with E-state index in [0.29, 0.717) is 24.1 Å². The molecular formula is C26H29N7O4. The summed E-state index contributed by atoms with van der Waals surface area (Å²) in [5.41, 5.74) is 0.793. The number of likely N-dealkylation sites (N-methyl/N-ethyl adjacent to an activating group) is 1. The van der Waals surface area contributed by atoms with Gasteiger partial charge in [-0.05, 0) is 49.1 Å². The van der Waals surface area contributed by atoms with E-state index < -0.39 is 17.6 Å². The van der Waals surface area contributed by atoms with Gasteiger partial charge in [0.2, 0.25) is 5.91 Å². The number of aromatic nitrogens is 3. The molecule has 2 aliphatic rings. The van der Waals surface area contributed by atoms with E-state index in [9.17, 15) is 19.2 Å². The fourth-order valence-corrected chi connectivity index (χ4v) is 5.23. The van der Waals surface area contributed by atoms with Crippen LogP contribution in [0.1, 0.15) is 37.0 Å². The fraction of sp³-hybridized carbons (Fsp3) is 0.385. The molecule has 192 valence electrons. The summed E-state index contributed by atoms with van der Waals surface area (Å²) in [5, 5.41) is 10.6. The van der Waals surface area contributed by atoms with Crippen molar-refractivity contribution < 1.29 is 19.2 Å². The van der Waals surface area contributed by atoms with Crippen LogP contribution in [0.5, 0.6) is 0 Å². The molecule has 3 aromatic rings. The topological polar surface area (TPSA) is 132 Å². The zero-order valence-electron chi connectivity index (χ0n) is 21.0. The molecule has 5 rings (SSSR count). The molecule has 2 aromatic heterocycles. The average Bonchev–Trinajstić information content (AvgIpc) is 3.45. The number of aromatic amines is 1. The van der Waals surface area contributed by atoms with Crippen molar-refractivity contribution in [1.29, 1.82) is 0 Å². The summed E-state index contributed by atoms with van der Waals surface area (Å²) in [6, 6.07) is 7.54. The lowest BCUT2D eigenvalue weighted by Crippen LogP contribution is -2.60. The van der Waals surface area contributed by atoms with Crippen LogP contribution in [0.25, 0.3) is 10.9 Å². The first-order valence-corrected chi connectivity index (χ1v) is 12.3. The first-order valence-electron chi connectivity index (χ1n) is 12.3. The van der Waals surface area contributed by atoms with Crippen LogP contribution < -0.4 is 10.2 Å². The van der Waals surface area contributed by atoms with Crippen molar-refractivity contribution in [3.05, 3.63) is 54.5 Å². The molecule has 2 saturated heterocycles. The Hall–Kier alpha value is -4.28. The highest BCUT2D eigenvalue weighted by Gasteiger charge is 2.58. The second-order valence-corrected chi connectivity index (χ2v) is 9.91. The molecule has 1 aromatic carbocycles. The number of amides is 5. The van der Waals surface area contributed by atoms with E-state index >= 15 is 0 Å². The number of benzene rings is 1. The fourth-order valence-electron chi connectivity index (χ4n) is 5.23. The Balaban J connectivity index is 1.36. The van der Waals surface area contributed by atoms with Gasteiger partial charge in [0, 0.05) is 49.2 Å². The lowest BCUT2D eigenvalue weighted by Gasteiger charge is -2.43. The SMILES string of the molecule is CC(C)[C@@H](NC(=O)c1ccncc1)C(=O)N1CCC2(CC1)C(=O)N(C)C(=O)N2c1ccc2[nH]ncc2c1. The molecule has 5 amide bonds. The van der Waals surface area contributed by atoms with E-state index in [1.54, 1.807) is 34.2 Å². The van der Waals surface area contributed by atoms with Crippen LogP contribution in [-0.4, -0.2) is 80.5 Å². The number of pyridine rings is 1. The molecule has 37 heavy (non-hydrogen) atoms. The molecule has 2 aliphatic heterocycles. The van der Waals surface area contributed by atoms with E-state index in [1.807, 2.05) is 26.0 Å². The highest BCUT2D eigenvalue weighted by molar-refractivity contribution is 6.17. The number of H-pyrrole nitrogens is 1. The number of imide groups is 1. The number of carbonyl (C=O) groups excluding carboxylic acids is 4. The van der Waals surface area contributed by atoms with Gasteiger partial charge in [0.15, 0.2) is 0 Å². The van der Waals surface area contributed by atoms with Gasteiger partial charge in [0.05, 0.1) is 11.7 Å². The molecule has 4 heterocycles. The number of piperidine rings is 1. The van der Waals surface area contributed by atoms with Crippen LogP contribution in [0, 0.1) is 5.92 Å². The van der Waals surface area contributed by atoms with Crippen LogP contribution in [0.2, 0.25) is 0 Å². The molecular weight excluding hydrogens is 474 g/mol. The summed E-state index contributed by atoms with van der Waals surface area (Å²) in [5.74, 6) is -0.970. The molecule has 11 heteroatoms. The lowest BCUT2D eigenvalue weighted by atomic mass is 9.85. The maximum atomic E-state index is 13.5. The highest BCUT2D eigenvalue weighted by atomic mass is 16.2. The second kappa shape index (κ2) is 9.30. The summed E-state index contributed by atoms with van der Waals surface area (Å²) in [7, 11) is 1.49. The van der Waals surface area contributed by atoms with Crippen molar-refractivity contribution in [2.75, 3.05) is 25.0 Å². The first-order chi connectivity index (χ1) is 17.7. The van der Waals surface area contributed by atoms with Gasteiger partial charge in [0.25, 0.3) is 11.8 Å². The zero-order chi connectivity index (χ0) is 26.3. The Bertz CT molecular complexity index is 1360. The number of carbonyl (C=O) groups is 4. The Labute approximate surface area is 213 Å². The van der Waals surface area contributed by atoms with Gasteiger partial charge < -0.3 is 10.2 Å². The minimum atomic E-state index is -1.08. The number of anilines is 1. The summed E-state index contributed by atoms with van der Waals surface area (Å²) in [6.45, 7) is 4.32. The van der Waals surface area contributed by atoms with Crippen molar-refractivity contribution in [3.63, 3.8) is 0 Å². The van der Waals surface area contributed by atoms with Crippen LogP contribution in [0.4, 0.5) is 10.5 Å². The number of hydrogen-bond acceptors (Lipinski definition) is 6. The summed E-state index contributed by atoms with van der Waals surface area (Å²) < 4.78 is 0. The van der Waals surface area contributed by atoms with Gasteiger partial charge in [0.1, 0.15) is 11.6 Å². The number of likely N-dealkylation sites (tertiary alicyclic amines) is 1. The maximum Gasteiger partial charge on any atom is 0.331 e. The number of hydrogen-bond donors (Lipinski definition) is 2. The Morgan fingerprint density at radius 1 is 1.08 bits per heavy atom. The largest absolute Gasteiger partial charge is 0.341 e. The maximum absolute atomic E-state index is 13.5. The first kappa shape index (κ1) is 24.4. The molecule has 1 atom stereocenters. The van der Waals surface area contributed by atoms with Gasteiger partial charge in [-0.25, -0.2) is 4.79 Å². The van der Waals surface area contributed by atoms with E-state index in [4.69, 9.17) is 0 Å². The van der Waals surface area contributed by atoms with Crippen LogP contribution in [0.15, 0.2) is 48.9 Å². The van der Waals surface area contributed by atoms with Gasteiger partial charge in [-0.15, -0.1) is 0 Å². The number of rotatable bonds is 5. The molecule has 2 N–H and O–H groups in total. The van der Waals surface area contributed by atoms with Crippen LogP contribution in [-0.2, 0) is 9.59 Å². The van der Waals surface area contributed by atoms with E-state index in [2.05, 4.69) is 20.5 Å². The molecule has 0 radical (unpaired) electrons. The third-order valence-corrected chi connectivity index (χ3v) is 7.36. The van der Waals surface area contributed by atoms with Gasteiger partial charge >= 0.3 is 6.03 Å². The average molecular weight is 504 g/mol. The number of fused-ring (bicyclic) bond motifs is 1. The predicted molar refractivity (Wildman–Crippen MR) is 136 cm³/mol. The number of nitrogens with zero attached hydrogens (tertiary/aromatic N) is 5. The van der Waals surface area contributed by atoms with Crippen molar-refractivity contribution in [1.82, 2.24) is 30.3 Å². The third kappa shape index (κ3) is 4.09. The zero-order valence-corrected chi connectivity index (χ0v) is 21.0. The summed E-state index contributed by atoms with van der Waals surface area (Å²) >= 11 is 0. The molecule has 0 aliphatic carbocycles.